The fourth-order valence-corrected chi connectivity index (χ4v) is 5.69. The van der Waals surface area contributed by atoms with Gasteiger partial charge in [0.15, 0.2) is 9.84 Å². The Morgan fingerprint density at radius 1 is 1.15 bits per heavy atom. The lowest BCUT2D eigenvalue weighted by molar-refractivity contribution is -0.110. The van der Waals surface area contributed by atoms with Gasteiger partial charge in [-0.15, -0.1) is 0 Å². The summed E-state index contributed by atoms with van der Waals surface area (Å²) in [6.45, 7) is 3.27. The first-order chi connectivity index (χ1) is 15.5. The number of rotatable bonds is 5. The molecule has 0 spiro atoms. The van der Waals surface area contributed by atoms with Crippen LogP contribution in [0, 0.1) is 13.8 Å². The number of fused-ring (bicyclic) bond motifs is 1. The molecule has 0 unspecified atom stereocenters. The normalized spacial score (nSPS) is 14.4. The van der Waals surface area contributed by atoms with E-state index in [0.717, 1.165) is 0 Å². The van der Waals surface area contributed by atoms with Crippen LogP contribution in [-0.4, -0.2) is 30.4 Å². The van der Waals surface area contributed by atoms with E-state index in [4.69, 9.17) is 23.2 Å². The molecule has 33 heavy (non-hydrogen) atoms. The van der Waals surface area contributed by atoms with Crippen molar-refractivity contribution < 1.29 is 23.1 Å². The van der Waals surface area contributed by atoms with Crippen LogP contribution in [0.4, 0.5) is 5.69 Å². The number of sulfone groups is 1. The van der Waals surface area contributed by atoms with Crippen molar-refractivity contribution in [3.8, 4) is 0 Å². The number of halogens is 2. The Bertz CT molecular complexity index is 1470. The molecule has 3 N–H and O–H groups in total. The standard InChI is InChI=1S/C23H18Cl2N2O5S/c1-11-19(26-12(2)20(11)23(29)30)9-16-15-8-14(6-7-18(15)27-22(16)28)33(31,32)10-13-4-3-5-17(24)21(13)25/h3-9,26H,10H2,1-2H3,(H,27,28)(H,29,30). The van der Waals surface area contributed by atoms with Crippen LogP contribution in [0.2, 0.25) is 10.0 Å². The molecule has 1 amide bonds. The Morgan fingerprint density at radius 3 is 2.55 bits per heavy atom. The van der Waals surface area contributed by atoms with Crippen molar-refractivity contribution in [2.75, 3.05) is 5.32 Å². The van der Waals surface area contributed by atoms with Crippen molar-refractivity contribution in [2.24, 2.45) is 0 Å². The zero-order valence-corrected chi connectivity index (χ0v) is 19.8. The number of anilines is 1. The molecular weight excluding hydrogens is 487 g/mol. The van der Waals surface area contributed by atoms with Crippen LogP contribution in [0.1, 0.15) is 38.4 Å². The minimum absolute atomic E-state index is 0.0188. The van der Waals surface area contributed by atoms with Gasteiger partial charge in [-0.05, 0) is 55.3 Å². The minimum Gasteiger partial charge on any atom is -0.478 e. The van der Waals surface area contributed by atoms with Crippen LogP contribution in [0.25, 0.3) is 11.6 Å². The highest BCUT2D eigenvalue weighted by atomic mass is 35.5. The third kappa shape index (κ3) is 4.17. The Labute approximate surface area is 200 Å². The number of aromatic nitrogens is 1. The van der Waals surface area contributed by atoms with E-state index < -0.39 is 21.7 Å². The molecule has 0 radical (unpaired) electrons. The number of nitrogens with one attached hydrogen (secondary N) is 2. The second-order valence-electron chi connectivity index (χ2n) is 7.66. The maximum atomic E-state index is 13.1. The topological polar surface area (TPSA) is 116 Å². The zero-order valence-electron chi connectivity index (χ0n) is 17.5. The van der Waals surface area contributed by atoms with Gasteiger partial charge < -0.3 is 15.4 Å². The molecular formula is C23H18Cl2N2O5S. The Balaban J connectivity index is 1.76. The van der Waals surface area contributed by atoms with Crippen molar-refractivity contribution in [3.63, 3.8) is 0 Å². The number of H-pyrrole nitrogens is 1. The van der Waals surface area contributed by atoms with E-state index in [1.807, 2.05) is 0 Å². The van der Waals surface area contributed by atoms with E-state index in [0.29, 0.717) is 33.8 Å². The molecule has 0 saturated carbocycles. The molecule has 10 heteroatoms. The summed E-state index contributed by atoms with van der Waals surface area (Å²) in [5.41, 5.74) is 3.00. The number of carboxylic acids is 1. The number of hydrogen-bond acceptors (Lipinski definition) is 4. The molecule has 1 aliphatic heterocycles. The average Bonchev–Trinajstić information content (AvgIpc) is 3.20. The smallest absolute Gasteiger partial charge is 0.337 e. The van der Waals surface area contributed by atoms with E-state index in [2.05, 4.69) is 10.3 Å². The van der Waals surface area contributed by atoms with Crippen molar-refractivity contribution >= 4 is 62.3 Å². The van der Waals surface area contributed by atoms with Gasteiger partial charge in [-0.25, -0.2) is 13.2 Å². The van der Waals surface area contributed by atoms with Crippen LogP contribution in [0.3, 0.4) is 0 Å². The highest BCUT2D eigenvalue weighted by Gasteiger charge is 2.28. The van der Waals surface area contributed by atoms with Gasteiger partial charge in [0.1, 0.15) is 0 Å². The lowest BCUT2D eigenvalue weighted by Crippen LogP contribution is -2.06. The molecule has 4 rings (SSSR count). The van der Waals surface area contributed by atoms with Gasteiger partial charge in [0.05, 0.1) is 31.8 Å². The molecule has 0 saturated heterocycles. The van der Waals surface area contributed by atoms with Crippen molar-refractivity contribution in [3.05, 3.63) is 80.1 Å². The second kappa shape index (κ2) is 8.37. The SMILES string of the molecule is Cc1[nH]c(C=C2C(=O)Nc3ccc(S(=O)(=O)Cc4cccc(Cl)c4Cl)cc32)c(C)c1C(=O)O. The van der Waals surface area contributed by atoms with Crippen LogP contribution >= 0.6 is 23.2 Å². The van der Waals surface area contributed by atoms with Gasteiger partial charge in [-0.3, -0.25) is 4.79 Å². The average molecular weight is 505 g/mol. The Morgan fingerprint density at radius 2 is 1.88 bits per heavy atom. The second-order valence-corrected chi connectivity index (χ2v) is 10.4. The van der Waals surface area contributed by atoms with Gasteiger partial charge in [0.2, 0.25) is 0 Å². The van der Waals surface area contributed by atoms with Gasteiger partial charge in [0.25, 0.3) is 5.91 Å². The molecule has 0 fully saturated rings. The van der Waals surface area contributed by atoms with E-state index in [1.165, 1.54) is 24.3 Å². The largest absolute Gasteiger partial charge is 0.478 e. The van der Waals surface area contributed by atoms with Crippen molar-refractivity contribution in [1.82, 2.24) is 4.98 Å². The number of aromatic amines is 1. The third-order valence-corrected chi connectivity index (χ3v) is 8.01. The molecule has 0 bridgehead atoms. The summed E-state index contributed by atoms with van der Waals surface area (Å²) in [6.07, 6.45) is 1.53. The number of carbonyl (C=O) groups excluding carboxylic acids is 1. The first kappa shape index (κ1) is 23.1. The third-order valence-electron chi connectivity index (χ3n) is 5.49. The molecule has 0 aliphatic carbocycles. The molecule has 170 valence electrons. The predicted octanol–water partition coefficient (Wildman–Crippen LogP) is 5.10. The van der Waals surface area contributed by atoms with Gasteiger partial charge >= 0.3 is 5.97 Å². The Kier molecular flexibility index (Phi) is 5.86. The molecule has 3 aromatic rings. The summed E-state index contributed by atoms with van der Waals surface area (Å²) in [4.78, 5) is 27.1. The quantitative estimate of drug-likeness (QED) is 0.417. The maximum absolute atomic E-state index is 13.1. The van der Waals surface area contributed by atoms with Gasteiger partial charge in [0, 0.05) is 22.6 Å². The molecule has 2 heterocycles. The van der Waals surface area contributed by atoms with E-state index in [-0.39, 0.29) is 31.8 Å². The summed E-state index contributed by atoms with van der Waals surface area (Å²) in [6, 6.07) is 9.15. The fourth-order valence-electron chi connectivity index (χ4n) is 3.84. The molecule has 1 aromatic heterocycles. The Hall–Kier alpha value is -3.07. The molecule has 1 aliphatic rings. The zero-order chi connectivity index (χ0) is 24.1. The van der Waals surface area contributed by atoms with Crippen LogP contribution in [0.5, 0.6) is 0 Å². The molecule has 2 aromatic carbocycles. The number of hydrogen-bond donors (Lipinski definition) is 3. The number of aryl methyl sites for hydroxylation is 1. The first-order valence-electron chi connectivity index (χ1n) is 9.75. The first-order valence-corrected chi connectivity index (χ1v) is 12.2. The summed E-state index contributed by atoms with van der Waals surface area (Å²) < 4.78 is 26.2. The van der Waals surface area contributed by atoms with Crippen LogP contribution in [-0.2, 0) is 20.4 Å². The number of carbonyl (C=O) groups is 2. The minimum atomic E-state index is -3.80. The van der Waals surface area contributed by atoms with Crippen LogP contribution in [0.15, 0.2) is 41.3 Å². The fraction of sp³-hybridized carbons (Fsp3) is 0.130. The predicted molar refractivity (Wildman–Crippen MR) is 128 cm³/mol. The highest BCUT2D eigenvalue weighted by Crippen LogP contribution is 2.36. The van der Waals surface area contributed by atoms with Crippen molar-refractivity contribution in [1.29, 1.82) is 0 Å². The summed E-state index contributed by atoms with van der Waals surface area (Å²) in [5.74, 6) is -1.85. The van der Waals surface area contributed by atoms with Gasteiger partial charge in [-0.1, -0.05) is 35.3 Å². The van der Waals surface area contributed by atoms with E-state index in [9.17, 15) is 23.1 Å². The van der Waals surface area contributed by atoms with Crippen LogP contribution < -0.4 is 5.32 Å². The number of carboxylic acid groups (broad SMARTS) is 1. The monoisotopic (exact) mass is 504 g/mol. The number of aromatic carboxylic acids is 1. The molecule has 7 nitrogen and oxygen atoms in total. The number of benzene rings is 2. The summed E-state index contributed by atoms with van der Waals surface area (Å²) >= 11 is 12.2. The van der Waals surface area contributed by atoms with Gasteiger partial charge in [-0.2, -0.15) is 0 Å². The van der Waals surface area contributed by atoms with E-state index >= 15 is 0 Å². The van der Waals surface area contributed by atoms with E-state index in [1.54, 1.807) is 32.0 Å². The summed E-state index contributed by atoms with van der Waals surface area (Å²) in [7, 11) is -3.80. The highest BCUT2D eigenvalue weighted by molar-refractivity contribution is 7.90. The number of amides is 1. The lowest BCUT2D eigenvalue weighted by atomic mass is 10.0. The molecule has 0 atom stereocenters. The summed E-state index contributed by atoms with van der Waals surface area (Å²) in [5, 5.41) is 12.5. The lowest BCUT2D eigenvalue weighted by Gasteiger charge is -2.09. The maximum Gasteiger partial charge on any atom is 0.337 e. The van der Waals surface area contributed by atoms with Crippen molar-refractivity contribution in [2.45, 2.75) is 24.5 Å².